The first-order valence-corrected chi connectivity index (χ1v) is 9.67. The van der Waals surface area contributed by atoms with Gasteiger partial charge in [-0.15, -0.1) is 6.58 Å². The molecular formula is C25H28O2. The summed E-state index contributed by atoms with van der Waals surface area (Å²) in [4.78, 5) is 0. The Balaban J connectivity index is 1.59. The summed E-state index contributed by atoms with van der Waals surface area (Å²) in [5, 5.41) is 2.46. The summed E-state index contributed by atoms with van der Waals surface area (Å²) in [6.45, 7) is 8.53. The zero-order valence-electron chi connectivity index (χ0n) is 16.2. The third kappa shape index (κ3) is 4.99. The van der Waals surface area contributed by atoms with Gasteiger partial charge in [0, 0.05) is 0 Å². The van der Waals surface area contributed by atoms with Crippen LogP contribution in [0.1, 0.15) is 43.7 Å². The molecule has 3 aromatic carbocycles. The summed E-state index contributed by atoms with van der Waals surface area (Å²) in [5.41, 5.74) is 2.50. The molecule has 0 saturated heterocycles. The number of fused-ring (bicyclic) bond motifs is 1. The molecule has 2 unspecified atom stereocenters. The molecule has 140 valence electrons. The Bertz CT molecular complexity index is 862. The van der Waals surface area contributed by atoms with E-state index in [4.69, 9.17) is 9.47 Å². The summed E-state index contributed by atoms with van der Waals surface area (Å²) in [7, 11) is 0. The number of ether oxygens (including phenoxy) is 2. The maximum atomic E-state index is 5.94. The first kappa shape index (κ1) is 19.2. The van der Waals surface area contributed by atoms with Gasteiger partial charge in [-0.2, -0.15) is 0 Å². The fourth-order valence-electron chi connectivity index (χ4n) is 3.41. The molecule has 2 nitrogen and oxygen atoms in total. The smallest absolute Gasteiger partial charge is 0.197 e. The van der Waals surface area contributed by atoms with Crippen LogP contribution in [0.3, 0.4) is 0 Å². The third-order valence-corrected chi connectivity index (χ3v) is 4.95. The molecule has 0 aliphatic carbocycles. The number of hydrogen-bond acceptors (Lipinski definition) is 2. The fraction of sp³-hybridized carbons (Fsp3) is 0.280. The van der Waals surface area contributed by atoms with Gasteiger partial charge in [-0.25, -0.2) is 0 Å². The Hall–Kier alpha value is -2.58. The topological polar surface area (TPSA) is 18.5 Å². The monoisotopic (exact) mass is 360 g/mol. The van der Waals surface area contributed by atoms with Gasteiger partial charge in [-0.05, 0) is 59.7 Å². The van der Waals surface area contributed by atoms with Crippen LogP contribution in [0.2, 0.25) is 0 Å². The number of hydrogen-bond donors (Lipinski definition) is 0. The molecule has 0 aliphatic rings. The van der Waals surface area contributed by atoms with Gasteiger partial charge in [0.05, 0.1) is 6.61 Å². The zero-order valence-corrected chi connectivity index (χ0v) is 16.2. The fourth-order valence-corrected chi connectivity index (χ4v) is 3.41. The molecule has 0 fully saturated rings. The minimum Gasteiger partial charge on any atom is -0.465 e. The molecule has 0 heterocycles. The lowest BCUT2D eigenvalue weighted by Gasteiger charge is -2.18. The maximum Gasteiger partial charge on any atom is 0.197 e. The normalized spacial score (nSPS) is 13.3. The van der Waals surface area contributed by atoms with Crippen molar-refractivity contribution in [2.75, 3.05) is 0 Å². The van der Waals surface area contributed by atoms with E-state index >= 15 is 0 Å². The molecule has 3 aromatic rings. The predicted molar refractivity (Wildman–Crippen MR) is 113 cm³/mol. The van der Waals surface area contributed by atoms with Crippen molar-refractivity contribution in [1.82, 2.24) is 0 Å². The van der Waals surface area contributed by atoms with E-state index in [-0.39, 0.29) is 6.29 Å². The second-order valence-corrected chi connectivity index (χ2v) is 6.83. The van der Waals surface area contributed by atoms with Crippen molar-refractivity contribution in [3.63, 3.8) is 0 Å². The summed E-state index contributed by atoms with van der Waals surface area (Å²) in [5.74, 6) is 1.36. The molecular weight excluding hydrogens is 332 g/mol. The van der Waals surface area contributed by atoms with E-state index in [2.05, 4.69) is 68.1 Å². The summed E-state index contributed by atoms with van der Waals surface area (Å²) in [6, 6.07) is 23.0. The SMILES string of the molecule is C=CCC(CC)c1ccc(OC(C)OCc2cccc3ccccc23)cc1. The quantitative estimate of drug-likeness (QED) is 0.307. The zero-order chi connectivity index (χ0) is 19.1. The number of rotatable bonds is 9. The van der Waals surface area contributed by atoms with Gasteiger partial charge in [0.1, 0.15) is 5.75 Å². The molecule has 2 heteroatoms. The van der Waals surface area contributed by atoms with Gasteiger partial charge < -0.3 is 9.47 Å². The van der Waals surface area contributed by atoms with E-state index in [0.29, 0.717) is 12.5 Å². The summed E-state index contributed by atoms with van der Waals surface area (Å²) >= 11 is 0. The Morgan fingerprint density at radius 3 is 2.44 bits per heavy atom. The summed E-state index contributed by atoms with van der Waals surface area (Å²) in [6.07, 6.45) is 3.78. The highest BCUT2D eigenvalue weighted by Crippen LogP contribution is 2.26. The van der Waals surface area contributed by atoms with Gasteiger partial charge in [0.2, 0.25) is 0 Å². The van der Waals surface area contributed by atoms with Crippen LogP contribution in [-0.2, 0) is 11.3 Å². The lowest BCUT2D eigenvalue weighted by atomic mass is 9.93. The lowest BCUT2D eigenvalue weighted by Crippen LogP contribution is -2.16. The molecule has 0 radical (unpaired) electrons. The maximum absolute atomic E-state index is 5.94. The second kappa shape index (κ2) is 9.38. The van der Waals surface area contributed by atoms with Crippen molar-refractivity contribution in [1.29, 1.82) is 0 Å². The van der Waals surface area contributed by atoms with Crippen molar-refractivity contribution >= 4 is 10.8 Å². The van der Waals surface area contributed by atoms with Crippen LogP contribution in [0, 0.1) is 0 Å². The van der Waals surface area contributed by atoms with E-state index in [9.17, 15) is 0 Å². The van der Waals surface area contributed by atoms with Crippen molar-refractivity contribution < 1.29 is 9.47 Å². The first-order valence-electron chi connectivity index (χ1n) is 9.67. The molecule has 0 aromatic heterocycles. The highest BCUT2D eigenvalue weighted by Gasteiger charge is 2.10. The average molecular weight is 360 g/mol. The predicted octanol–water partition coefficient (Wildman–Crippen LogP) is 6.85. The molecule has 0 bridgehead atoms. The van der Waals surface area contributed by atoms with Crippen molar-refractivity contribution in [3.05, 3.63) is 90.5 Å². The van der Waals surface area contributed by atoms with Crippen LogP contribution in [0.5, 0.6) is 5.75 Å². The lowest BCUT2D eigenvalue weighted by molar-refractivity contribution is -0.0755. The largest absolute Gasteiger partial charge is 0.465 e. The molecule has 0 N–H and O–H groups in total. The minimum atomic E-state index is -0.315. The number of allylic oxidation sites excluding steroid dienone is 1. The standard InChI is InChI=1S/C25H28O2/c1-4-9-20(5-2)21-14-16-24(17-15-21)27-19(3)26-18-23-12-8-11-22-10-6-7-13-25(22)23/h4,6-8,10-17,19-20H,1,5,9,18H2,2-3H3. The van der Waals surface area contributed by atoms with Crippen molar-refractivity contribution in [2.45, 2.75) is 45.5 Å². The van der Waals surface area contributed by atoms with Gasteiger partial charge in [0.25, 0.3) is 0 Å². The molecule has 0 aliphatic heterocycles. The van der Waals surface area contributed by atoms with Gasteiger partial charge in [-0.1, -0.05) is 67.6 Å². The van der Waals surface area contributed by atoms with Crippen LogP contribution >= 0.6 is 0 Å². The third-order valence-electron chi connectivity index (χ3n) is 4.95. The van der Waals surface area contributed by atoms with Crippen LogP contribution in [0.15, 0.2) is 79.4 Å². The van der Waals surface area contributed by atoms with E-state index in [1.54, 1.807) is 0 Å². The molecule has 0 amide bonds. The number of benzene rings is 3. The molecule has 27 heavy (non-hydrogen) atoms. The Morgan fingerprint density at radius 2 is 1.70 bits per heavy atom. The molecule has 0 saturated carbocycles. The molecule has 0 spiro atoms. The minimum absolute atomic E-state index is 0.315. The van der Waals surface area contributed by atoms with E-state index < -0.39 is 0 Å². The van der Waals surface area contributed by atoms with Crippen molar-refractivity contribution in [3.8, 4) is 5.75 Å². The van der Waals surface area contributed by atoms with Gasteiger partial charge >= 0.3 is 0 Å². The Kier molecular flexibility index (Phi) is 6.67. The highest BCUT2D eigenvalue weighted by molar-refractivity contribution is 5.85. The van der Waals surface area contributed by atoms with Crippen LogP contribution in [0.25, 0.3) is 10.8 Å². The molecule has 2 atom stereocenters. The van der Waals surface area contributed by atoms with Crippen molar-refractivity contribution in [2.24, 2.45) is 0 Å². The van der Waals surface area contributed by atoms with Gasteiger partial charge in [-0.3, -0.25) is 0 Å². The Morgan fingerprint density at radius 1 is 0.963 bits per heavy atom. The van der Waals surface area contributed by atoms with E-state index in [0.717, 1.165) is 18.6 Å². The van der Waals surface area contributed by atoms with Crippen LogP contribution in [-0.4, -0.2) is 6.29 Å². The van der Waals surface area contributed by atoms with E-state index in [1.165, 1.54) is 21.9 Å². The van der Waals surface area contributed by atoms with Gasteiger partial charge in [0.15, 0.2) is 6.29 Å². The molecule has 3 rings (SSSR count). The van der Waals surface area contributed by atoms with Crippen LogP contribution in [0.4, 0.5) is 0 Å². The van der Waals surface area contributed by atoms with Crippen LogP contribution < -0.4 is 4.74 Å². The summed E-state index contributed by atoms with van der Waals surface area (Å²) < 4.78 is 11.9. The highest BCUT2D eigenvalue weighted by atomic mass is 16.7. The van der Waals surface area contributed by atoms with E-state index in [1.807, 2.05) is 25.1 Å². The second-order valence-electron chi connectivity index (χ2n) is 6.83. The average Bonchev–Trinajstić information content (AvgIpc) is 2.71. The Labute approximate surface area is 162 Å². The first-order chi connectivity index (χ1) is 13.2.